The fourth-order valence-corrected chi connectivity index (χ4v) is 2.21. The number of anilines is 1. The molecule has 0 aliphatic rings. The Morgan fingerprint density at radius 3 is 2.73 bits per heavy atom. The number of nitrogens with two attached hydrogens (primary N) is 1. The maximum Gasteiger partial charge on any atom is 0.357 e. The summed E-state index contributed by atoms with van der Waals surface area (Å²) >= 11 is 5.68. The van der Waals surface area contributed by atoms with Crippen LogP contribution in [0.3, 0.4) is 0 Å². The van der Waals surface area contributed by atoms with Crippen LogP contribution in [0.1, 0.15) is 21.6 Å². The molecule has 0 aliphatic carbocycles. The summed E-state index contributed by atoms with van der Waals surface area (Å²) < 4.78 is 18.4. The van der Waals surface area contributed by atoms with Gasteiger partial charge in [0.2, 0.25) is 0 Å². The Labute approximate surface area is 132 Å². The van der Waals surface area contributed by atoms with E-state index < -0.39 is 11.8 Å². The monoisotopic (exact) mass is 320 g/mol. The highest BCUT2D eigenvalue weighted by atomic mass is 35.5. The van der Waals surface area contributed by atoms with Gasteiger partial charge in [-0.25, -0.2) is 14.2 Å². The lowest BCUT2D eigenvalue weighted by Gasteiger charge is -2.14. The third-order valence-corrected chi connectivity index (χ3v) is 3.61. The molecule has 0 spiro atoms. The summed E-state index contributed by atoms with van der Waals surface area (Å²) in [6.07, 6.45) is 1.44. The molecule has 2 rings (SSSR count). The van der Waals surface area contributed by atoms with Crippen molar-refractivity contribution in [3.8, 4) is 11.3 Å². The van der Waals surface area contributed by atoms with Gasteiger partial charge in [-0.05, 0) is 24.6 Å². The molecule has 0 unspecified atom stereocenters. The van der Waals surface area contributed by atoms with Gasteiger partial charge >= 0.3 is 5.97 Å². The average molecular weight is 321 g/mol. The van der Waals surface area contributed by atoms with Crippen LogP contribution in [0.5, 0.6) is 0 Å². The predicted octanol–water partition coefficient (Wildman–Crippen LogP) is 3.86. The van der Waals surface area contributed by atoms with Crippen LogP contribution in [0.4, 0.5) is 10.1 Å². The van der Waals surface area contributed by atoms with Gasteiger partial charge in [0.15, 0.2) is 5.69 Å². The molecule has 0 saturated carbocycles. The average Bonchev–Trinajstić information content (AvgIpc) is 2.51. The van der Waals surface area contributed by atoms with Crippen molar-refractivity contribution in [2.45, 2.75) is 6.92 Å². The van der Waals surface area contributed by atoms with Crippen LogP contribution in [0.15, 0.2) is 24.8 Å². The number of hydrogen-bond donors (Lipinski definition) is 1. The van der Waals surface area contributed by atoms with E-state index in [-0.39, 0.29) is 10.7 Å². The summed E-state index contributed by atoms with van der Waals surface area (Å²) in [6.45, 7) is 5.37. The van der Waals surface area contributed by atoms with E-state index in [2.05, 4.69) is 11.6 Å². The molecule has 4 nitrogen and oxygen atoms in total. The van der Waals surface area contributed by atoms with E-state index in [1.54, 1.807) is 13.0 Å². The van der Waals surface area contributed by atoms with Crippen LogP contribution in [0.25, 0.3) is 17.3 Å². The first kappa shape index (κ1) is 16.0. The Balaban J connectivity index is 2.76. The maximum atomic E-state index is 13.7. The number of carbonyl (C=O) groups is 1. The number of benzene rings is 1. The number of carbonyl (C=O) groups excluding carboxylic acids is 1. The number of methoxy groups -OCH3 is 1. The van der Waals surface area contributed by atoms with Gasteiger partial charge in [-0.2, -0.15) is 0 Å². The van der Waals surface area contributed by atoms with E-state index in [1.807, 2.05) is 0 Å². The van der Waals surface area contributed by atoms with Crippen LogP contribution in [0.2, 0.25) is 5.02 Å². The van der Waals surface area contributed by atoms with Crippen molar-refractivity contribution < 1.29 is 13.9 Å². The van der Waals surface area contributed by atoms with Crippen molar-refractivity contribution in [1.82, 2.24) is 4.98 Å². The molecule has 0 radical (unpaired) electrons. The van der Waals surface area contributed by atoms with Crippen LogP contribution in [-0.4, -0.2) is 18.1 Å². The van der Waals surface area contributed by atoms with Gasteiger partial charge in [-0.15, -0.1) is 0 Å². The zero-order valence-electron chi connectivity index (χ0n) is 12.1. The summed E-state index contributed by atoms with van der Waals surface area (Å²) in [7, 11) is 1.24. The smallest absolute Gasteiger partial charge is 0.357 e. The van der Waals surface area contributed by atoms with E-state index in [9.17, 15) is 9.18 Å². The first-order valence-electron chi connectivity index (χ1n) is 6.37. The second-order valence-corrected chi connectivity index (χ2v) is 4.99. The number of aromatic nitrogens is 1. The number of halogens is 2. The zero-order chi connectivity index (χ0) is 16.4. The van der Waals surface area contributed by atoms with Crippen molar-refractivity contribution >= 4 is 29.3 Å². The summed E-state index contributed by atoms with van der Waals surface area (Å²) in [6, 6.07) is 4.27. The molecule has 0 saturated heterocycles. The number of nitrogens with zero attached hydrogens (tertiary/aromatic N) is 1. The summed E-state index contributed by atoms with van der Waals surface area (Å²) in [5.74, 6) is -1.22. The third kappa shape index (κ3) is 2.67. The number of hydrogen-bond acceptors (Lipinski definition) is 4. The Morgan fingerprint density at radius 1 is 1.50 bits per heavy atom. The highest BCUT2D eigenvalue weighted by Crippen LogP contribution is 2.32. The summed E-state index contributed by atoms with van der Waals surface area (Å²) in [5, 5.41) is 0.00489. The Kier molecular flexibility index (Phi) is 4.47. The number of ether oxygens (including phenoxy) is 1. The van der Waals surface area contributed by atoms with Crippen molar-refractivity contribution in [2.24, 2.45) is 0 Å². The van der Waals surface area contributed by atoms with E-state index >= 15 is 0 Å². The standard InChI is InChI=1S/C16H14ClFN2O2/c1-4-10-13(19)8(2)14(20-15(10)16(21)22-3)9-5-6-11(17)12(18)7-9/h4-7H,1H2,2-3H3,(H2,19,20). The van der Waals surface area contributed by atoms with E-state index in [4.69, 9.17) is 22.1 Å². The molecule has 0 bridgehead atoms. The van der Waals surface area contributed by atoms with Gasteiger partial charge in [0, 0.05) is 16.8 Å². The number of nitrogen functional groups attached to an aromatic ring is 1. The van der Waals surface area contributed by atoms with Crippen molar-refractivity contribution in [3.63, 3.8) is 0 Å². The lowest BCUT2D eigenvalue weighted by molar-refractivity contribution is 0.0594. The van der Waals surface area contributed by atoms with Crippen molar-refractivity contribution in [3.05, 3.63) is 52.4 Å². The minimum atomic E-state index is -0.641. The topological polar surface area (TPSA) is 65.2 Å². The van der Waals surface area contributed by atoms with Gasteiger partial charge < -0.3 is 10.5 Å². The molecule has 0 aliphatic heterocycles. The quantitative estimate of drug-likeness (QED) is 0.872. The number of rotatable bonds is 3. The van der Waals surface area contributed by atoms with Crippen LogP contribution in [0, 0.1) is 12.7 Å². The number of esters is 1. The molecule has 2 aromatic rings. The van der Waals surface area contributed by atoms with Gasteiger partial charge in [-0.1, -0.05) is 30.3 Å². The van der Waals surface area contributed by atoms with Crippen LogP contribution in [-0.2, 0) is 4.74 Å². The first-order chi connectivity index (χ1) is 10.4. The SMILES string of the molecule is C=Cc1c(C(=O)OC)nc(-c2ccc(Cl)c(F)c2)c(C)c1N. The maximum absolute atomic E-state index is 13.7. The lowest BCUT2D eigenvalue weighted by Crippen LogP contribution is -2.11. The second kappa shape index (κ2) is 6.15. The van der Waals surface area contributed by atoms with E-state index in [0.29, 0.717) is 28.1 Å². The van der Waals surface area contributed by atoms with Crippen molar-refractivity contribution in [2.75, 3.05) is 12.8 Å². The fourth-order valence-electron chi connectivity index (χ4n) is 2.10. The molecule has 0 atom stereocenters. The Morgan fingerprint density at radius 2 is 2.18 bits per heavy atom. The zero-order valence-corrected chi connectivity index (χ0v) is 12.9. The molecule has 6 heteroatoms. The molecule has 1 aromatic carbocycles. The van der Waals surface area contributed by atoms with Gasteiger partial charge in [0.25, 0.3) is 0 Å². The Bertz CT molecular complexity index is 775. The van der Waals surface area contributed by atoms with Gasteiger partial charge in [0.1, 0.15) is 5.82 Å². The van der Waals surface area contributed by atoms with Crippen LogP contribution >= 0.6 is 11.6 Å². The highest BCUT2D eigenvalue weighted by molar-refractivity contribution is 6.30. The molecule has 0 amide bonds. The Hall–Kier alpha value is -2.40. The van der Waals surface area contributed by atoms with Crippen molar-refractivity contribution in [1.29, 1.82) is 0 Å². The molecular weight excluding hydrogens is 307 g/mol. The fraction of sp³-hybridized carbons (Fsp3) is 0.125. The second-order valence-electron chi connectivity index (χ2n) is 4.59. The molecule has 2 N–H and O–H groups in total. The van der Waals surface area contributed by atoms with Crippen LogP contribution < -0.4 is 5.73 Å². The molecule has 114 valence electrons. The molecule has 1 heterocycles. The highest BCUT2D eigenvalue weighted by Gasteiger charge is 2.20. The van der Waals surface area contributed by atoms with E-state index in [0.717, 1.165) is 0 Å². The first-order valence-corrected chi connectivity index (χ1v) is 6.74. The molecular formula is C16H14ClFN2O2. The van der Waals surface area contributed by atoms with Gasteiger partial charge in [0.05, 0.1) is 17.8 Å². The molecule has 1 aromatic heterocycles. The largest absolute Gasteiger partial charge is 0.464 e. The number of pyridine rings is 1. The molecule has 22 heavy (non-hydrogen) atoms. The normalized spacial score (nSPS) is 10.4. The third-order valence-electron chi connectivity index (χ3n) is 3.30. The van der Waals surface area contributed by atoms with Gasteiger partial charge in [-0.3, -0.25) is 0 Å². The lowest BCUT2D eigenvalue weighted by atomic mass is 10.0. The minimum Gasteiger partial charge on any atom is -0.464 e. The van der Waals surface area contributed by atoms with E-state index in [1.165, 1.54) is 25.3 Å². The minimum absolute atomic E-state index is 0.00489. The predicted molar refractivity (Wildman–Crippen MR) is 85.2 cm³/mol. The summed E-state index contributed by atoms with van der Waals surface area (Å²) in [5.41, 5.74) is 8.29. The summed E-state index contributed by atoms with van der Waals surface area (Å²) in [4.78, 5) is 16.2. The molecule has 0 fully saturated rings.